The number of piperidine rings is 1. The zero-order valence-electron chi connectivity index (χ0n) is 18.5. The number of nitrogens with one attached hydrogen (secondary N) is 1. The van der Waals surface area contributed by atoms with Crippen LogP contribution >= 0.6 is 0 Å². The molecule has 4 aromatic rings. The Morgan fingerprint density at radius 3 is 2.47 bits per heavy atom. The van der Waals surface area contributed by atoms with Crippen LogP contribution in [0.25, 0.3) is 11.0 Å². The minimum absolute atomic E-state index is 0.0621. The van der Waals surface area contributed by atoms with Crippen LogP contribution in [0.2, 0.25) is 0 Å². The van der Waals surface area contributed by atoms with Gasteiger partial charge in [0.15, 0.2) is 0 Å². The monoisotopic (exact) mass is 475 g/mol. The molecule has 34 heavy (non-hydrogen) atoms. The van der Waals surface area contributed by atoms with E-state index in [0.717, 1.165) is 5.56 Å². The topological polar surface area (TPSA) is 112 Å². The lowest BCUT2D eigenvalue weighted by atomic mass is 10.0. The van der Waals surface area contributed by atoms with Crippen LogP contribution in [-0.4, -0.2) is 41.8 Å². The minimum Gasteiger partial charge on any atom is -0.396 e. The van der Waals surface area contributed by atoms with Gasteiger partial charge in [-0.3, -0.25) is 9.10 Å². The third-order valence-electron chi connectivity index (χ3n) is 6.15. The molecule has 1 saturated heterocycles. The van der Waals surface area contributed by atoms with Gasteiger partial charge in [-0.15, -0.1) is 0 Å². The molecule has 3 N–H and O–H groups in total. The van der Waals surface area contributed by atoms with E-state index in [1.54, 1.807) is 47.5 Å². The van der Waals surface area contributed by atoms with Crippen molar-refractivity contribution in [3.05, 3.63) is 84.7 Å². The van der Waals surface area contributed by atoms with Crippen molar-refractivity contribution in [3.63, 3.8) is 0 Å². The van der Waals surface area contributed by atoms with Gasteiger partial charge in [0, 0.05) is 31.1 Å². The molecule has 1 atom stereocenters. The van der Waals surface area contributed by atoms with Crippen LogP contribution in [0, 0.1) is 0 Å². The Labute approximate surface area is 198 Å². The van der Waals surface area contributed by atoms with E-state index in [4.69, 9.17) is 5.73 Å². The summed E-state index contributed by atoms with van der Waals surface area (Å²) in [5, 5.41) is 0.596. The number of anilines is 2. The number of rotatable bonds is 6. The van der Waals surface area contributed by atoms with Gasteiger partial charge >= 0.3 is 0 Å². The lowest BCUT2D eigenvalue weighted by Crippen LogP contribution is -2.50. The highest BCUT2D eigenvalue weighted by atomic mass is 32.2. The SMILES string of the molecule is Nc1cnc2[nH]ccc2c1N(C1CCN(Cc2ccccc2)C(=O)C1)S(=O)(=O)c1ccccc1. The van der Waals surface area contributed by atoms with Gasteiger partial charge < -0.3 is 15.6 Å². The third-order valence-corrected chi connectivity index (χ3v) is 8.02. The number of H-pyrrole nitrogens is 1. The smallest absolute Gasteiger partial charge is 0.264 e. The van der Waals surface area contributed by atoms with Crippen molar-refractivity contribution in [2.45, 2.75) is 30.3 Å². The number of aromatic amines is 1. The van der Waals surface area contributed by atoms with Crippen molar-refractivity contribution in [1.29, 1.82) is 0 Å². The number of likely N-dealkylation sites (tertiary alicyclic amines) is 1. The van der Waals surface area contributed by atoms with Crippen LogP contribution in [0.1, 0.15) is 18.4 Å². The van der Waals surface area contributed by atoms with E-state index in [9.17, 15) is 13.2 Å². The van der Waals surface area contributed by atoms with Gasteiger partial charge in [-0.05, 0) is 30.2 Å². The van der Waals surface area contributed by atoms with Crippen molar-refractivity contribution in [2.75, 3.05) is 16.6 Å². The molecular formula is C25H25N5O3S. The lowest BCUT2D eigenvalue weighted by Gasteiger charge is -2.39. The Hall–Kier alpha value is -3.85. The molecule has 5 rings (SSSR count). The molecular weight excluding hydrogens is 450 g/mol. The molecule has 3 heterocycles. The molecule has 0 bridgehead atoms. The number of amides is 1. The van der Waals surface area contributed by atoms with E-state index in [1.807, 2.05) is 30.3 Å². The molecule has 2 aromatic carbocycles. The van der Waals surface area contributed by atoms with E-state index in [2.05, 4.69) is 9.97 Å². The molecule has 1 fully saturated rings. The van der Waals surface area contributed by atoms with Crippen LogP contribution in [0.4, 0.5) is 11.4 Å². The predicted molar refractivity (Wildman–Crippen MR) is 131 cm³/mol. The summed E-state index contributed by atoms with van der Waals surface area (Å²) in [4.78, 5) is 22.4. The predicted octanol–water partition coefficient (Wildman–Crippen LogP) is 3.53. The largest absolute Gasteiger partial charge is 0.396 e. The number of hydrogen-bond acceptors (Lipinski definition) is 5. The highest BCUT2D eigenvalue weighted by Crippen LogP contribution is 2.38. The van der Waals surface area contributed by atoms with Gasteiger partial charge in [-0.25, -0.2) is 13.4 Å². The Balaban J connectivity index is 1.54. The first kappa shape index (κ1) is 22.0. The number of aromatic nitrogens is 2. The van der Waals surface area contributed by atoms with Crippen molar-refractivity contribution in [3.8, 4) is 0 Å². The molecule has 0 aliphatic carbocycles. The zero-order valence-corrected chi connectivity index (χ0v) is 19.3. The molecule has 2 aromatic heterocycles. The molecule has 0 saturated carbocycles. The molecule has 0 spiro atoms. The Bertz CT molecular complexity index is 1420. The molecule has 1 aliphatic heterocycles. The fourth-order valence-corrected chi connectivity index (χ4v) is 6.24. The maximum Gasteiger partial charge on any atom is 0.264 e. The van der Waals surface area contributed by atoms with E-state index in [0.29, 0.717) is 36.2 Å². The molecule has 8 nitrogen and oxygen atoms in total. The summed E-state index contributed by atoms with van der Waals surface area (Å²) in [6.07, 6.45) is 3.69. The van der Waals surface area contributed by atoms with Crippen LogP contribution in [0.3, 0.4) is 0 Å². The second-order valence-electron chi connectivity index (χ2n) is 8.36. The van der Waals surface area contributed by atoms with Crippen LogP contribution < -0.4 is 10.0 Å². The number of nitrogens with zero attached hydrogens (tertiary/aromatic N) is 3. The quantitative estimate of drug-likeness (QED) is 0.443. The summed E-state index contributed by atoms with van der Waals surface area (Å²) in [5.74, 6) is -0.0914. The van der Waals surface area contributed by atoms with Gasteiger partial charge in [-0.1, -0.05) is 48.5 Å². The molecule has 9 heteroatoms. The number of nitrogen functional groups attached to an aromatic ring is 1. The van der Waals surface area contributed by atoms with Gasteiger partial charge in [-0.2, -0.15) is 0 Å². The number of carbonyl (C=O) groups excluding carboxylic acids is 1. The summed E-state index contributed by atoms with van der Waals surface area (Å²) in [6.45, 7) is 0.942. The van der Waals surface area contributed by atoms with E-state index >= 15 is 0 Å². The number of carbonyl (C=O) groups is 1. The standard InChI is InChI=1S/C25H25N5O3S/c26-22-16-28-25-21(11-13-27-25)24(22)30(34(32,33)20-9-5-2-6-10-20)19-12-14-29(23(31)15-19)17-18-7-3-1-4-8-18/h1-11,13,16,19H,12,14-15,17,26H2,(H,27,28). The summed E-state index contributed by atoms with van der Waals surface area (Å²) in [6, 6.07) is 19.2. The van der Waals surface area contributed by atoms with Crippen molar-refractivity contribution >= 4 is 38.3 Å². The summed E-state index contributed by atoms with van der Waals surface area (Å²) in [5.41, 5.74) is 8.48. The van der Waals surface area contributed by atoms with Gasteiger partial charge in [0.05, 0.1) is 28.5 Å². The van der Waals surface area contributed by atoms with Gasteiger partial charge in [0.25, 0.3) is 10.0 Å². The molecule has 1 aliphatic rings. The van der Waals surface area contributed by atoms with E-state index in [1.165, 1.54) is 10.5 Å². The zero-order chi connectivity index (χ0) is 23.7. The van der Waals surface area contributed by atoms with Crippen molar-refractivity contribution in [2.24, 2.45) is 0 Å². The molecule has 174 valence electrons. The minimum atomic E-state index is -4.00. The molecule has 1 unspecified atom stereocenters. The number of hydrogen-bond donors (Lipinski definition) is 2. The summed E-state index contributed by atoms with van der Waals surface area (Å²) >= 11 is 0. The van der Waals surface area contributed by atoms with Crippen LogP contribution in [0.5, 0.6) is 0 Å². The third kappa shape index (κ3) is 3.99. The van der Waals surface area contributed by atoms with Gasteiger partial charge in [0.2, 0.25) is 5.91 Å². The fraction of sp³-hybridized carbons (Fsp3) is 0.200. The van der Waals surface area contributed by atoms with E-state index < -0.39 is 16.1 Å². The maximum atomic E-state index is 13.9. The first-order valence-electron chi connectivity index (χ1n) is 11.1. The summed E-state index contributed by atoms with van der Waals surface area (Å²) < 4.78 is 29.2. The number of pyridine rings is 1. The second-order valence-corrected chi connectivity index (χ2v) is 10.2. The molecule has 0 radical (unpaired) electrons. The second kappa shape index (κ2) is 8.83. The number of benzene rings is 2. The molecule has 1 amide bonds. The van der Waals surface area contributed by atoms with Crippen LogP contribution in [0.15, 0.2) is 84.0 Å². The first-order chi connectivity index (χ1) is 16.4. The lowest BCUT2D eigenvalue weighted by molar-refractivity contribution is -0.134. The highest BCUT2D eigenvalue weighted by Gasteiger charge is 2.38. The van der Waals surface area contributed by atoms with E-state index in [-0.39, 0.29) is 22.9 Å². The first-order valence-corrected chi connectivity index (χ1v) is 12.5. The Morgan fingerprint density at radius 2 is 1.76 bits per heavy atom. The van der Waals surface area contributed by atoms with Crippen molar-refractivity contribution < 1.29 is 13.2 Å². The maximum absolute atomic E-state index is 13.9. The number of nitrogens with two attached hydrogens (primary N) is 1. The average molecular weight is 476 g/mol. The van der Waals surface area contributed by atoms with Crippen molar-refractivity contribution in [1.82, 2.24) is 14.9 Å². The Kier molecular flexibility index (Phi) is 5.70. The van der Waals surface area contributed by atoms with Crippen LogP contribution in [-0.2, 0) is 21.4 Å². The highest BCUT2D eigenvalue weighted by molar-refractivity contribution is 7.93. The average Bonchev–Trinajstić information content (AvgIpc) is 3.32. The summed E-state index contributed by atoms with van der Waals surface area (Å²) in [7, 11) is -4.00. The normalized spacial score (nSPS) is 16.6. The number of fused-ring (bicyclic) bond motifs is 1. The fourth-order valence-electron chi connectivity index (χ4n) is 4.49. The Morgan fingerprint density at radius 1 is 1.06 bits per heavy atom. The van der Waals surface area contributed by atoms with Gasteiger partial charge in [0.1, 0.15) is 5.65 Å². The number of sulfonamides is 1.